The van der Waals surface area contributed by atoms with E-state index in [1.54, 1.807) is 0 Å². The minimum absolute atomic E-state index is 0.0546. The van der Waals surface area contributed by atoms with E-state index in [0.29, 0.717) is 0 Å². The Morgan fingerprint density at radius 1 is 1.06 bits per heavy atom. The lowest BCUT2D eigenvalue weighted by Crippen LogP contribution is -2.51. The molecule has 2 aromatic carbocycles. The Morgan fingerprint density at radius 2 is 1.73 bits per heavy atom. The van der Waals surface area contributed by atoms with Crippen LogP contribution in [0, 0.1) is 22.7 Å². The van der Waals surface area contributed by atoms with Crippen molar-refractivity contribution < 1.29 is 9.53 Å². The highest BCUT2D eigenvalue weighted by Gasteiger charge is 2.55. The van der Waals surface area contributed by atoms with Gasteiger partial charge < -0.3 is 4.74 Å². The standard InChI is InChI=1S/C28H27N3O2/c1-27(2)23-15-14-22-24(18-10-12-21(13-11-18)33-20-8-6-5-7-9-20)31(4)30-25(22)28(23,3)16-19(17-29)26(27)32/h5-13,16,23H,14-15H2,1-4H3/t23-,28-/m0/s1. The van der Waals surface area contributed by atoms with E-state index in [-0.39, 0.29) is 17.3 Å². The minimum atomic E-state index is -0.597. The number of nitriles is 1. The molecule has 1 aromatic heterocycles. The number of nitrogens with zero attached hydrogens (tertiary/aromatic N) is 3. The van der Waals surface area contributed by atoms with Gasteiger partial charge in [0.15, 0.2) is 5.78 Å². The fourth-order valence-electron chi connectivity index (χ4n) is 5.89. The van der Waals surface area contributed by atoms with Crippen molar-refractivity contribution in [3.8, 4) is 28.8 Å². The number of hydrogen-bond donors (Lipinski definition) is 0. The molecule has 5 heteroatoms. The highest BCUT2D eigenvalue weighted by molar-refractivity contribution is 6.04. The van der Waals surface area contributed by atoms with Crippen LogP contribution in [0.15, 0.2) is 66.2 Å². The molecular weight excluding hydrogens is 410 g/mol. The van der Waals surface area contributed by atoms with Gasteiger partial charge in [-0.2, -0.15) is 10.4 Å². The van der Waals surface area contributed by atoms with Crippen LogP contribution < -0.4 is 4.74 Å². The SMILES string of the molecule is Cn1nc2c(c1-c1ccc(Oc3ccccc3)cc1)CC[C@H]1C(C)(C)C(=O)C(C#N)=C[C@]21C. The monoisotopic (exact) mass is 437 g/mol. The number of benzene rings is 2. The van der Waals surface area contributed by atoms with Crippen LogP contribution in [0.3, 0.4) is 0 Å². The fraction of sp³-hybridized carbons (Fsp3) is 0.321. The first-order valence-electron chi connectivity index (χ1n) is 11.3. The molecule has 0 N–H and O–H groups in total. The van der Waals surface area contributed by atoms with Gasteiger partial charge in [0, 0.05) is 29.0 Å². The number of aromatic nitrogens is 2. The molecule has 2 atom stereocenters. The molecule has 2 aliphatic rings. The van der Waals surface area contributed by atoms with E-state index in [0.717, 1.165) is 41.3 Å². The molecule has 5 rings (SSSR count). The predicted octanol–water partition coefficient (Wildman–Crippen LogP) is 5.76. The molecule has 5 nitrogen and oxygen atoms in total. The Hall–Kier alpha value is -3.65. The third-order valence-electron chi connectivity index (χ3n) is 7.43. The van der Waals surface area contributed by atoms with Crippen molar-refractivity contribution in [2.24, 2.45) is 18.4 Å². The summed E-state index contributed by atoms with van der Waals surface area (Å²) in [5.41, 5.74) is 3.53. The summed E-state index contributed by atoms with van der Waals surface area (Å²) in [5.74, 6) is 1.63. The van der Waals surface area contributed by atoms with Gasteiger partial charge in [-0.3, -0.25) is 9.48 Å². The molecule has 0 saturated heterocycles. The summed E-state index contributed by atoms with van der Waals surface area (Å²) in [5, 5.41) is 14.6. The molecule has 3 aromatic rings. The normalized spacial score (nSPS) is 23.2. The minimum Gasteiger partial charge on any atom is -0.457 e. The van der Waals surface area contributed by atoms with Crippen LogP contribution in [-0.2, 0) is 23.7 Å². The lowest BCUT2D eigenvalue weighted by atomic mass is 9.52. The number of aryl methyl sites for hydroxylation is 1. The van der Waals surface area contributed by atoms with Gasteiger partial charge in [0.05, 0.1) is 17.0 Å². The molecule has 33 heavy (non-hydrogen) atoms. The van der Waals surface area contributed by atoms with Crippen molar-refractivity contribution in [1.82, 2.24) is 9.78 Å². The van der Waals surface area contributed by atoms with Gasteiger partial charge in [-0.25, -0.2) is 0 Å². The third kappa shape index (κ3) is 3.21. The zero-order valence-corrected chi connectivity index (χ0v) is 19.4. The number of carbonyl (C=O) groups is 1. The topological polar surface area (TPSA) is 67.9 Å². The number of allylic oxidation sites excluding steroid dienone is 2. The zero-order chi connectivity index (χ0) is 23.4. The van der Waals surface area contributed by atoms with E-state index < -0.39 is 10.8 Å². The quantitative estimate of drug-likeness (QED) is 0.523. The van der Waals surface area contributed by atoms with E-state index in [9.17, 15) is 10.1 Å². The van der Waals surface area contributed by atoms with E-state index in [1.165, 1.54) is 5.56 Å². The van der Waals surface area contributed by atoms with E-state index in [2.05, 4.69) is 25.1 Å². The van der Waals surface area contributed by atoms with Crippen LogP contribution in [0.5, 0.6) is 11.5 Å². The number of para-hydroxylation sites is 1. The van der Waals surface area contributed by atoms with Gasteiger partial charge in [0.2, 0.25) is 0 Å². The molecule has 0 aliphatic heterocycles. The summed E-state index contributed by atoms with van der Waals surface area (Å²) < 4.78 is 7.88. The van der Waals surface area contributed by atoms with Gasteiger partial charge >= 0.3 is 0 Å². The Morgan fingerprint density at radius 3 is 2.39 bits per heavy atom. The number of Topliss-reactive ketones (excluding diaryl/α,β-unsaturated/α-hetero) is 1. The van der Waals surface area contributed by atoms with Crippen molar-refractivity contribution in [3.63, 3.8) is 0 Å². The summed E-state index contributed by atoms with van der Waals surface area (Å²) in [7, 11) is 1.97. The fourth-order valence-corrected chi connectivity index (χ4v) is 5.89. The first kappa shape index (κ1) is 21.2. The van der Waals surface area contributed by atoms with E-state index in [1.807, 2.05) is 74.1 Å². The Labute approximate surface area is 194 Å². The smallest absolute Gasteiger partial charge is 0.178 e. The number of fused-ring (bicyclic) bond motifs is 3. The van der Waals surface area contributed by atoms with Crippen molar-refractivity contribution in [2.45, 2.75) is 39.0 Å². The maximum absolute atomic E-state index is 12.9. The number of rotatable bonds is 3. The highest BCUT2D eigenvalue weighted by Crippen LogP contribution is 2.55. The van der Waals surface area contributed by atoms with Crippen LogP contribution in [0.1, 0.15) is 38.4 Å². The molecule has 0 spiro atoms. The van der Waals surface area contributed by atoms with Crippen LogP contribution in [-0.4, -0.2) is 15.6 Å². The summed E-state index contributed by atoms with van der Waals surface area (Å²) in [6.45, 7) is 6.08. The summed E-state index contributed by atoms with van der Waals surface area (Å²) in [6.07, 6.45) is 3.61. The number of ether oxygens (including phenoxy) is 1. The summed E-state index contributed by atoms with van der Waals surface area (Å²) in [4.78, 5) is 12.9. The van der Waals surface area contributed by atoms with Crippen molar-refractivity contribution in [3.05, 3.63) is 77.5 Å². The maximum atomic E-state index is 12.9. The Kier molecular flexibility index (Phi) is 4.79. The molecule has 0 bridgehead atoms. The van der Waals surface area contributed by atoms with Crippen LogP contribution in [0.4, 0.5) is 0 Å². The number of ketones is 1. The van der Waals surface area contributed by atoms with Crippen molar-refractivity contribution in [1.29, 1.82) is 5.26 Å². The van der Waals surface area contributed by atoms with E-state index in [4.69, 9.17) is 9.84 Å². The molecule has 0 amide bonds. The number of carbonyl (C=O) groups excluding carboxylic acids is 1. The highest BCUT2D eigenvalue weighted by atomic mass is 16.5. The van der Waals surface area contributed by atoms with Gasteiger partial charge in [0.25, 0.3) is 0 Å². The summed E-state index contributed by atoms with van der Waals surface area (Å²) in [6, 6.07) is 20.0. The Balaban J connectivity index is 1.55. The lowest BCUT2D eigenvalue weighted by molar-refractivity contribution is -0.128. The molecule has 0 fully saturated rings. The van der Waals surface area contributed by atoms with Crippen molar-refractivity contribution >= 4 is 5.78 Å². The largest absolute Gasteiger partial charge is 0.457 e. The molecule has 2 aliphatic carbocycles. The van der Waals surface area contributed by atoms with Crippen molar-refractivity contribution in [2.75, 3.05) is 0 Å². The first-order chi connectivity index (χ1) is 15.8. The zero-order valence-electron chi connectivity index (χ0n) is 19.4. The predicted molar refractivity (Wildman–Crippen MR) is 127 cm³/mol. The second-order valence-electron chi connectivity index (χ2n) is 9.83. The lowest BCUT2D eigenvalue weighted by Gasteiger charge is -2.49. The Bertz CT molecular complexity index is 1310. The average molecular weight is 438 g/mol. The number of hydrogen-bond acceptors (Lipinski definition) is 4. The van der Waals surface area contributed by atoms with Gasteiger partial charge in [-0.1, -0.05) is 45.0 Å². The van der Waals surface area contributed by atoms with Gasteiger partial charge in [0.1, 0.15) is 17.6 Å². The molecule has 0 unspecified atom stereocenters. The van der Waals surface area contributed by atoms with Gasteiger partial charge in [-0.15, -0.1) is 0 Å². The second kappa shape index (κ2) is 7.45. The molecule has 166 valence electrons. The third-order valence-corrected chi connectivity index (χ3v) is 7.43. The molecule has 0 saturated carbocycles. The van der Waals surface area contributed by atoms with Crippen LogP contribution >= 0.6 is 0 Å². The molecular formula is C28H27N3O2. The van der Waals surface area contributed by atoms with Gasteiger partial charge in [-0.05, 0) is 55.2 Å². The molecule has 0 radical (unpaired) electrons. The maximum Gasteiger partial charge on any atom is 0.178 e. The van der Waals surface area contributed by atoms with Crippen LogP contribution in [0.25, 0.3) is 11.3 Å². The van der Waals surface area contributed by atoms with E-state index >= 15 is 0 Å². The first-order valence-corrected chi connectivity index (χ1v) is 11.3. The molecule has 1 heterocycles. The summed E-state index contributed by atoms with van der Waals surface area (Å²) >= 11 is 0. The average Bonchev–Trinajstić information content (AvgIpc) is 3.15. The second-order valence-corrected chi connectivity index (χ2v) is 9.83. The van der Waals surface area contributed by atoms with Crippen LogP contribution in [0.2, 0.25) is 0 Å².